The lowest BCUT2D eigenvalue weighted by molar-refractivity contribution is 0.100. The van der Waals surface area contributed by atoms with Crippen LogP contribution in [0.4, 0.5) is 9.80 Å². The first kappa shape index (κ1) is 15.8. The molecule has 0 bridgehead atoms. The first-order valence-corrected chi connectivity index (χ1v) is 7.46. The smallest absolute Gasteiger partial charge is 0.317 e. The second-order valence-electron chi connectivity index (χ2n) is 4.87. The Morgan fingerprint density at radius 2 is 1.91 bits per heavy atom. The third-order valence-electron chi connectivity index (χ3n) is 2.75. The van der Waals surface area contributed by atoms with Crippen LogP contribution in [0.25, 0.3) is 10.4 Å². The van der Waals surface area contributed by atoms with E-state index in [4.69, 9.17) is 16.2 Å². The van der Waals surface area contributed by atoms with E-state index in [1.807, 2.05) is 38.1 Å². The highest BCUT2D eigenvalue weighted by molar-refractivity contribution is 7.20. The van der Waals surface area contributed by atoms with Crippen LogP contribution >= 0.6 is 11.3 Å². The fourth-order valence-electron chi connectivity index (χ4n) is 1.94. The average molecular weight is 319 g/mol. The van der Waals surface area contributed by atoms with Crippen LogP contribution in [0, 0.1) is 0 Å². The molecular weight excluding hydrogens is 302 g/mol. The maximum Gasteiger partial charge on any atom is 0.317 e. The van der Waals surface area contributed by atoms with Crippen LogP contribution < -0.4 is 21.5 Å². The molecule has 0 fully saturated rings. The monoisotopic (exact) mass is 319 g/mol. The Balaban J connectivity index is 2.49. The maximum absolute atomic E-state index is 11.5. The van der Waals surface area contributed by atoms with Gasteiger partial charge in [-0.05, 0) is 32.0 Å². The number of nitrogens with one attached hydrogen (secondary N) is 1. The number of anilines is 1. The van der Waals surface area contributed by atoms with Crippen molar-refractivity contribution in [2.24, 2.45) is 11.5 Å². The molecule has 5 N–H and O–H groups in total. The van der Waals surface area contributed by atoms with Gasteiger partial charge in [0.25, 0.3) is 5.91 Å². The normalized spacial score (nSPS) is 10.5. The molecule has 3 amide bonds. The van der Waals surface area contributed by atoms with Gasteiger partial charge in [0.2, 0.25) is 0 Å². The minimum Gasteiger partial charge on any atom is -0.490 e. The summed E-state index contributed by atoms with van der Waals surface area (Å²) in [5.74, 6) is 0.0638. The molecule has 7 heteroatoms. The molecule has 1 aromatic carbocycles. The van der Waals surface area contributed by atoms with Gasteiger partial charge >= 0.3 is 6.03 Å². The van der Waals surface area contributed by atoms with Gasteiger partial charge in [-0.25, -0.2) is 4.79 Å². The largest absolute Gasteiger partial charge is 0.490 e. The Kier molecular flexibility index (Phi) is 4.67. The zero-order valence-corrected chi connectivity index (χ0v) is 13.1. The minimum atomic E-state index is -0.748. The summed E-state index contributed by atoms with van der Waals surface area (Å²) in [7, 11) is 0. The molecule has 0 aliphatic rings. The highest BCUT2D eigenvalue weighted by Crippen LogP contribution is 2.39. The van der Waals surface area contributed by atoms with Crippen LogP contribution in [0.5, 0.6) is 5.75 Å². The molecule has 0 spiro atoms. The Bertz CT molecular complexity index is 710. The van der Waals surface area contributed by atoms with Gasteiger partial charge in [0.05, 0.1) is 11.7 Å². The zero-order valence-electron chi connectivity index (χ0n) is 12.3. The topological polar surface area (TPSA) is 107 Å². The molecule has 2 aromatic rings. The highest BCUT2D eigenvalue weighted by atomic mass is 32.1. The van der Waals surface area contributed by atoms with Crippen molar-refractivity contribution < 1.29 is 14.3 Å². The summed E-state index contributed by atoms with van der Waals surface area (Å²) in [6.07, 6.45) is 0.0138. The summed E-state index contributed by atoms with van der Waals surface area (Å²) in [5, 5.41) is 2.75. The molecule has 1 heterocycles. The molecule has 0 unspecified atom stereocenters. The van der Waals surface area contributed by atoms with Crippen molar-refractivity contribution in [1.29, 1.82) is 0 Å². The number of benzene rings is 1. The minimum absolute atomic E-state index is 0.0138. The average Bonchev–Trinajstić information content (AvgIpc) is 2.81. The van der Waals surface area contributed by atoms with Gasteiger partial charge in [-0.3, -0.25) is 10.1 Å². The summed E-state index contributed by atoms with van der Waals surface area (Å²) in [6, 6.07) is 8.34. The maximum atomic E-state index is 11.5. The molecule has 0 aliphatic carbocycles. The van der Waals surface area contributed by atoms with Gasteiger partial charge in [0.1, 0.15) is 10.8 Å². The predicted molar refractivity (Wildman–Crippen MR) is 87.2 cm³/mol. The summed E-state index contributed by atoms with van der Waals surface area (Å²) >= 11 is 1.22. The SMILES string of the molecule is CC(C)Oc1ccccc1-c1cc(C(N)=O)c(NC(N)=O)s1. The lowest BCUT2D eigenvalue weighted by Crippen LogP contribution is -2.21. The van der Waals surface area contributed by atoms with E-state index in [1.165, 1.54) is 11.3 Å². The van der Waals surface area contributed by atoms with Gasteiger partial charge < -0.3 is 16.2 Å². The zero-order chi connectivity index (χ0) is 16.3. The molecule has 0 saturated carbocycles. The molecular formula is C15H17N3O3S. The van der Waals surface area contributed by atoms with Crippen molar-refractivity contribution in [3.05, 3.63) is 35.9 Å². The molecule has 6 nitrogen and oxygen atoms in total. The van der Waals surface area contributed by atoms with E-state index in [0.717, 1.165) is 10.4 Å². The number of para-hydroxylation sites is 1. The Labute approximate surface area is 132 Å². The van der Waals surface area contributed by atoms with Crippen molar-refractivity contribution >= 4 is 28.3 Å². The number of carbonyl (C=O) groups excluding carboxylic acids is 2. The second-order valence-corrected chi connectivity index (χ2v) is 5.92. The van der Waals surface area contributed by atoms with E-state index in [9.17, 15) is 9.59 Å². The number of ether oxygens (including phenoxy) is 1. The van der Waals surface area contributed by atoms with Crippen LogP contribution in [0.2, 0.25) is 0 Å². The molecule has 0 aliphatic heterocycles. The first-order valence-electron chi connectivity index (χ1n) is 6.64. The lowest BCUT2D eigenvalue weighted by Gasteiger charge is -2.13. The molecule has 0 radical (unpaired) electrons. The fourth-order valence-corrected chi connectivity index (χ4v) is 3.03. The quantitative estimate of drug-likeness (QED) is 0.788. The lowest BCUT2D eigenvalue weighted by atomic mass is 10.1. The van der Waals surface area contributed by atoms with E-state index >= 15 is 0 Å². The van der Waals surface area contributed by atoms with E-state index in [2.05, 4.69) is 5.32 Å². The number of primary amides is 2. The Hall–Kier alpha value is -2.54. The van der Waals surface area contributed by atoms with Crippen molar-refractivity contribution in [3.8, 4) is 16.2 Å². The number of hydrogen-bond acceptors (Lipinski definition) is 4. The van der Waals surface area contributed by atoms with E-state index in [-0.39, 0.29) is 11.7 Å². The summed E-state index contributed by atoms with van der Waals surface area (Å²) in [5.41, 5.74) is 11.5. The predicted octanol–water partition coefficient (Wildman–Crippen LogP) is 2.79. The van der Waals surface area contributed by atoms with Crippen LogP contribution in [0.1, 0.15) is 24.2 Å². The highest BCUT2D eigenvalue weighted by Gasteiger charge is 2.18. The van der Waals surface area contributed by atoms with Crippen LogP contribution in [0.15, 0.2) is 30.3 Å². The van der Waals surface area contributed by atoms with Crippen LogP contribution in [-0.4, -0.2) is 18.0 Å². The van der Waals surface area contributed by atoms with Gasteiger partial charge in [-0.2, -0.15) is 0 Å². The van der Waals surface area contributed by atoms with Crippen molar-refractivity contribution in [3.63, 3.8) is 0 Å². The molecule has 116 valence electrons. The van der Waals surface area contributed by atoms with E-state index < -0.39 is 11.9 Å². The molecule has 2 rings (SSSR count). The number of urea groups is 1. The third kappa shape index (κ3) is 3.56. The van der Waals surface area contributed by atoms with E-state index in [0.29, 0.717) is 10.8 Å². The molecule has 1 aromatic heterocycles. The third-order valence-corrected chi connectivity index (χ3v) is 3.83. The summed E-state index contributed by atoms with van der Waals surface area (Å²) < 4.78 is 5.77. The van der Waals surface area contributed by atoms with Gasteiger partial charge in [0.15, 0.2) is 0 Å². The molecule has 22 heavy (non-hydrogen) atoms. The fraction of sp³-hybridized carbons (Fsp3) is 0.200. The molecule has 0 atom stereocenters. The number of amides is 3. The number of nitrogens with two attached hydrogens (primary N) is 2. The number of hydrogen-bond donors (Lipinski definition) is 3. The standard InChI is InChI=1S/C15H17N3O3S/c1-8(2)21-11-6-4-3-5-9(11)12-7-10(13(16)19)14(22-12)18-15(17)20/h3-8H,1-2H3,(H2,16,19)(H3,17,18,20). The second kappa shape index (κ2) is 6.48. The van der Waals surface area contributed by atoms with Gasteiger partial charge in [0, 0.05) is 10.4 Å². The Morgan fingerprint density at radius 1 is 1.23 bits per heavy atom. The first-order chi connectivity index (χ1) is 10.4. The summed E-state index contributed by atoms with van der Waals surface area (Å²) in [4.78, 5) is 23.3. The number of thiophene rings is 1. The number of rotatable bonds is 5. The summed E-state index contributed by atoms with van der Waals surface area (Å²) in [6.45, 7) is 3.86. The Morgan fingerprint density at radius 3 is 2.50 bits per heavy atom. The van der Waals surface area contributed by atoms with Crippen molar-refractivity contribution in [2.75, 3.05) is 5.32 Å². The van der Waals surface area contributed by atoms with Crippen molar-refractivity contribution in [1.82, 2.24) is 0 Å². The van der Waals surface area contributed by atoms with Gasteiger partial charge in [-0.1, -0.05) is 12.1 Å². The molecule has 0 saturated heterocycles. The van der Waals surface area contributed by atoms with Crippen LogP contribution in [-0.2, 0) is 0 Å². The number of carbonyl (C=O) groups is 2. The van der Waals surface area contributed by atoms with Crippen molar-refractivity contribution in [2.45, 2.75) is 20.0 Å². The van der Waals surface area contributed by atoms with E-state index in [1.54, 1.807) is 6.07 Å². The van der Waals surface area contributed by atoms with Crippen LogP contribution in [0.3, 0.4) is 0 Å². The van der Waals surface area contributed by atoms with Gasteiger partial charge in [-0.15, -0.1) is 11.3 Å².